The lowest BCUT2D eigenvalue weighted by Gasteiger charge is -2.33. The van der Waals surface area contributed by atoms with Gasteiger partial charge >= 0.3 is 6.03 Å². The highest BCUT2D eigenvalue weighted by molar-refractivity contribution is 5.89. The number of carbonyl (C=O) groups excluding carboxylic acids is 1. The number of ether oxygens (including phenoxy) is 1. The number of aliphatic hydroxyl groups excluding tert-OH is 1. The number of hydrogen-bond acceptors (Lipinski definition) is 7. The predicted octanol–water partition coefficient (Wildman–Crippen LogP) is 3.13. The Morgan fingerprint density at radius 3 is 2.69 bits per heavy atom. The molecule has 3 N–H and O–H groups in total. The molecule has 0 spiro atoms. The van der Waals surface area contributed by atoms with E-state index in [1.807, 2.05) is 24.3 Å². The molecule has 2 aliphatic heterocycles. The Bertz CT molecular complexity index is 1020. The first-order chi connectivity index (χ1) is 17.1. The molecule has 1 aromatic carbocycles. The van der Waals surface area contributed by atoms with E-state index in [1.54, 1.807) is 0 Å². The number of urea groups is 1. The number of amides is 2. The highest BCUT2D eigenvalue weighted by atomic mass is 16.5. The lowest BCUT2D eigenvalue weighted by atomic mass is 9.94. The summed E-state index contributed by atoms with van der Waals surface area (Å²) in [5, 5.41) is 14.3. The molecule has 9 nitrogen and oxygen atoms in total. The Morgan fingerprint density at radius 2 is 1.94 bits per heavy atom. The summed E-state index contributed by atoms with van der Waals surface area (Å²) in [6.07, 6.45) is 6.51. The van der Waals surface area contributed by atoms with Gasteiger partial charge in [-0.05, 0) is 31.9 Å². The van der Waals surface area contributed by atoms with E-state index in [0.717, 1.165) is 42.5 Å². The van der Waals surface area contributed by atoms with Crippen LogP contribution in [0.1, 0.15) is 50.3 Å². The summed E-state index contributed by atoms with van der Waals surface area (Å²) in [5.41, 5.74) is 5.07. The van der Waals surface area contributed by atoms with Crippen molar-refractivity contribution in [3.8, 4) is 11.3 Å². The summed E-state index contributed by atoms with van der Waals surface area (Å²) in [5.74, 6) is 0.783. The van der Waals surface area contributed by atoms with E-state index in [0.29, 0.717) is 24.9 Å². The van der Waals surface area contributed by atoms with Crippen molar-refractivity contribution in [2.24, 2.45) is 0 Å². The van der Waals surface area contributed by atoms with Gasteiger partial charge in [-0.1, -0.05) is 31.4 Å². The van der Waals surface area contributed by atoms with E-state index < -0.39 is 0 Å². The second kappa shape index (κ2) is 10.9. The normalized spacial score (nSPS) is 21.1. The van der Waals surface area contributed by atoms with Crippen LogP contribution in [0.5, 0.6) is 0 Å². The number of aliphatic hydroxyl groups is 1. The lowest BCUT2D eigenvalue weighted by molar-refractivity contribution is 0.0980. The van der Waals surface area contributed by atoms with Gasteiger partial charge in [0.1, 0.15) is 0 Å². The number of fused-ring (bicyclic) bond motifs is 1. The van der Waals surface area contributed by atoms with Crippen molar-refractivity contribution in [3.63, 3.8) is 0 Å². The molecule has 5 rings (SSSR count). The Labute approximate surface area is 206 Å². The number of benzene rings is 1. The maximum atomic E-state index is 11.9. The summed E-state index contributed by atoms with van der Waals surface area (Å²) in [4.78, 5) is 27.0. The highest BCUT2D eigenvalue weighted by Crippen LogP contribution is 2.36. The fraction of sp³-hybridized carbons (Fsp3) is 0.577. The fourth-order valence-electron chi connectivity index (χ4n) is 5.42. The third-order valence-corrected chi connectivity index (χ3v) is 7.32. The van der Waals surface area contributed by atoms with Gasteiger partial charge in [0.15, 0.2) is 0 Å². The standard InChI is InChI=1S/C26H36N6O3/c1-18-17-35-14-12-32(18)25-29-23-16-31(21-5-3-2-4-6-21)15-22(23)24(30-25)19-7-9-20(10-8-19)28-26(34)27-11-13-33/h7-10,18,21,33H,2-6,11-17H2,1H3,(H2,27,28,34)/t18-/m0/s1. The summed E-state index contributed by atoms with van der Waals surface area (Å²) < 4.78 is 5.65. The minimum atomic E-state index is -0.332. The molecule has 1 aromatic heterocycles. The first kappa shape index (κ1) is 24.0. The molecule has 2 amide bonds. The van der Waals surface area contributed by atoms with Crippen LogP contribution in [0, 0.1) is 0 Å². The number of aromatic nitrogens is 2. The van der Waals surface area contributed by atoms with E-state index in [2.05, 4.69) is 27.4 Å². The number of hydrogen-bond donors (Lipinski definition) is 3. The topological polar surface area (TPSA) is 103 Å². The number of nitrogens with zero attached hydrogens (tertiary/aromatic N) is 4. The van der Waals surface area contributed by atoms with Gasteiger partial charge in [0, 0.05) is 49.0 Å². The van der Waals surface area contributed by atoms with Crippen molar-refractivity contribution in [2.45, 2.75) is 64.2 Å². The summed E-state index contributed by atoms with van der Waals surface area (Å²) in [6, 6.07) is 8.34. The van der Waals surface area contributed by atoms with Crippen molar-refractivity contribution in [1.29, 1.82) is 0 Å². The molecule has 3 heterocycles. The van der Waals surface area contributed by atoms with E-state index >= 15 is 0 Å². The fourth-order valence-corrected chi connectivity index (χ4v) is 5.42. The average molecular weight is 481 g/mol. The number of nitrogens with one attached hydrogen (secondary N) is 2. The smallest absolute Gasteiger partial charge is 0.319 e. The van der Waals surface area contributed by atoms with E-state index in [4.69, 9.17) is 19.8 Å². The van der Waals surface area contributed by atoms with E-state index in [9.17, 15) is 4.79 Å². The Hall–Kier alpha value is -2.75. The van der Waals surface area contributed by atoms with Gasteiger partial charge in [-0.3, -0.25) is 4.90 Å². The second-order valence-corrected chi connectivity index (χ2v) is 9.79. The van der Waals surface area contributed by atoms with Crippen LogP contribution in [-0.4, -0.2) is 71.0 Å². The maximum Gasteiger partial charge on any atom is 0.319 e. The number of rotatable bonds is 6. The zero-order valence-electron chi connectivity index (χ0n) is 20.5. The van der Waals surface area contributed by atoms with Crippen LogP contribution in [0.25, 0.3) is 11.3 Å². The molecule has 9 heteroatoms. The van der Waals surface area contributed by atoms with Crippen LogP contribution < -0.4 is 15.5 Å². The third kappa shape index (κ3) is 5.42. The molecule has 1 saturated heterocycles. The monoisotopic (exact) mass is 480 g/mol. The summed E-state index contributed by atoms with van der Waals surface area (Å²) >= 11 is 0. The van der Waals surface area contributed by atoms with Crippen LogP contribution in [0.3, 0.4) is 0 Å². The minimum Gasteiger partial charge on any atom is -0.395 e. The van der Waals surface area contributed by atoms with Crippen molar-refractivity contribution in [1.82, 2.24) is 20.2 Å². The zero-order chi connectivity index (χ0) is 24.2. The molecule has 2 aromatic rings. The average Bonchev–Trinajstić information content (AvgIpc) is 3.33. The minimum absolute atomic E-state index is 0.0901. The van der Waals surface area contributed by atoms with Gasteiger partial charge in [0.2, 0.25) is 5.95 Å². The molecule has 1 atom stereocenters. The molecule has 0 bridgehead atoms. The van der Waals surface area contributed by atoms with Gasteiger partial charge in [-0.2, -0.15) is 0 Å². The second-order valence-electron chi connectivity index (χ2n) is 9.79. The van der Waals surface area contributed by atoms with Crippen LogP contribution in [0.15, 0.2) is 24.3 Å². The molecule has 35 heavy (non-hydrogen) atoms. The van der Waals surface area contributed by atoms with E-state index in [1.165, 1.54) is 37.7 Å². The molecule has 0 radical (unpaired) electrons. The molecule has 1 saturated carbocycles. The molecule has 1 aliphatic carbocycles. The lowest BCUT2D eigenvalue weighted by Crippen LogP contribution is -2.44. The molecular formula is C26H36N6O3. The van der Waals surface area contributed by atoms with Gasteiger partial charge in [-0.15, -0.1) is 0 Å². The number of anilines is 2. The summed E-state index contributed by atoms with van der Waals surface area (Å²) in [6.45, 7) is 6.22. The van der Waals surface area contributed by atoms with Crippen molar-refractivity contribution in [2.75, 3.05) is 43.1 Å². The Morgan fingerprint density at radius 1 is 1.14 bits per heavy atom. The molecule has 0 unspecified atom stereocenters. The van der Waals surface area contributed by atoms with E-state index in [-0.39, 0.29) is 25.2 Å². The van der Waals surface area contributed by atoms with Gasteiger partial charge in [-0.25, -0.2) is 14.8 Å². The van der Waals surface area contributed by atoms with Crippen molar-refractivity contribution in [3.05, 3.63) is 35.5 Å². The van der Waals surface area contributed by atoms with Crippen LogP contribution in [0.2, 0.25) is 0 Å². The largest absolute Gasteiger partial charge is 0.395 e. The van der Waals surface area contributed by atoms with Gasteiger partial charge < -0.3 is 25.4 Å². The zero-order valence-corrected chi connectivity index (χ0v) is 20.5. The first-order valence-corrected chi connectivity index (χ1v) is 12.9. The predicted molar refractivity (Wildman–Crippen MR) is 135 cm³/mol. The molecule has 3 aliphatic rings. The summed E-state index contributed by atoms with van der Waals surface area (Å²) in [7, 11) is 0. The van der Waals surface area contributed by atoms with Crippen LogP contribution >= 0.6 is 0 Å². The molecule has 2 fully saturated rings. The molecule has 188 valence electrons. The maximum absolute atomic E-state index is 11.9. The van der Waals surface area contributed by atoms with Crippen molar-refractivity contribution >= 4 is 17.7 Å². The number of carbonyl (C=O) groups is 1. The molecular weight excluding hydrogens is 444 g/mol. The quantitative estimate of drug-likeness (QED) is 0.584. The van der Waals surface area contributed by atoms with Gasteiger partial charge in [0.05, 0.1) is 37.3 Å². The SMILES string of the molecule is C[C@H]1COCCN1c1nc2c(c(-c3ccc(NC(=O)NCCO)cc3)n1)CN(C1CCCCC1)C2. The third-order valence-electron chi connectivity index (χ3n) is 7.32. The van der Waals surface area contributed by atoms with Crippen LogP contribution in [-0.2, 0) is 17.8 Å². The Balaban J connectivity index is 1.43. The van der Waals surface area contributed by atoms with Crippen molar-refractivity contribution < 1.29 is 14.6 Å². The highest BCUT2D eigenvalue weighted by Gasteiger charge is 2.32. The number of morpholine rings is 1. The Kier molecular flexibility index (Phi) is 7.46. The van der Waals surface area contributed by atoms with Crippen LogP contribution in [0.4, 0.5) is 16.4 Å². The van der Waals surface area contributed by atoms with Gasteiger partial charge in [0.25, 0.3) is 0 Å². The first-order valence-electron chi connectivity index (χ1n) is 12.9.